The maximum atomic E-state index is 12.7. The number of aromatic nitrogens is 1. The zero-order valence-corrected chi connectivity index (χ0v) is 15.5. The van der Waals surface area contributed by atoms with E-state index in [-0.39, 0.29) is 6.03 Å². The molecule has 0 radical (unpaired) electrons. The monoisotopic (exact) mass is 372 g/mol. The molecule has 0 saturated carbocycles. The van der Waals surface area contributed by atoms with Crippen molar-refractivity contribution in [3.63, 3.8) is 0 Å². The molecular formula is C22H20N4O2. The van der Waals surface area contributed by atoms with Crippen molar-refractivity contribution in [1.29, 1.82) is 0 Å². The largest absolute Gasteiger partial charge is 0.497 e. The summed E-state index contributed by atoms with van der Waals surface area (Å²) < 4.78 is 5.31. The molecule has 1 aromatic heterocycles. The van der Waals surface area contributed by atoms with Crippen LogP contribution in [0, 0.1) is 0 Å². The summed E-state index contributed by atoms with van der Waals surface area (Å²) in [5.41, 5.74) is 8.90. The van der Waals surface area contributed by atoms with Crippen LogP contribution in [0.25, 0.3) is 10.9 Å². The number of para-hydroxylation sites is 1. The number of anilines is 1. The molecule has 2 aliphatic rings. The summed E-state index contributed by atoms with van der Waals surface area (Å²) in [6.07, 6.45) is 5.63. The van der Waals surface area contributed by atoms with Crippen molar-refractivity contribution >= 4 is 28.3 Å². The molecule has 2 N–H and O–H groups in total. The Morgan fingerprint density at radius 2 is 2.14 bits per heavy atom. The molecule has 6 heteroatoms. The number of carbonyl (C=O) groups is 1. The van der Waals surface area contributed by atoms with E-state index in [9.17, 15) is 4.79 Å². The Bertz CT molecular complexity index is 1140. The van der Waals surface area contributed by atoms with Gasteiger partial charge in [-0.3, -0.25) is 5.01 Å². The Morgan fingerprint density at radius 1 is 1.25 bits per heavy atom. The van der Waals surface area contributed by atoms with E-state index in [0.29, 0.717) is 12.3 Å². The molecule has 2 heterocycles. The van der Waals surface area contributed by atoms with Crippen LogP contribution in [0.1, 0.15) is 16.8 Å². The fraction of sp³-hybridized carbons (Fsp3) is 0.182. The number of rotatable bonds is 2. The lowest BCUT2D eigenvalue weighted by molar-refractivity contribution is 0.248. The molecule has 0 unspecified atom stereocenters. The molecule has 6 nitrogen and oxygen atoms in total. The van der Waals surface area contributed by atoms with E-state index in [1.807, 2.05) is 53.6 Å². The first-order chi connectivity index (χ1) is 13.7. The Labute approximate surface area is 162 Å². The highest BCUT2D eigenvalue weighted by Gasteiger charge is 2.23. The fourth-order valence-electron chi connectivity index (χ4n) is 3.96. The highest BCUT2D eigenvalue weighted by atomic mass is 16.5. The number of urea groups is 1. The Morgan fingerprint density at radius 3 is 3.04 bits per heavy atom. The second-order valence-electron chi connectivity index (χ2n) is 6.94. The van der Waals surface area contributed by atoms with Crippen molar-refractivity contribution in [3.05, 3.63) is 71.4 Å². The van der Waals surface area contributed by atoms with Crippen LogP contribution >= 0.6 is 0 Å². The third-order valence-electron chi connectivity index (χ3n) is 5.28. The lowest BCUT2D eigenvalue weighted by Crippen LogP contribution is -2.40. The first-order valence-electron chi connectivity index (χ1n) is 9.33. The topological polar surface area (TPSA) is 69.7 Å². The molecule has 140 valence electrons. The number of amides is 2. The number of benzene rings is 2. The quantitative estimate of drug-likeness (QED) is 0.720. The summed E-state index contributed by atoms with van der Waals surface area (Å²) in [5, 5.41) is 2.93. The van der Waals surface area contributed by atoms with Crippen molar-refractivity contribution in [2.75, 3.05) is 18.7 Å². The molecule has 28 heavy (non-hydrogen) atoms. The fourth-order valence-corrected chi connectivity index (χ4v) is 3.96. The van der Waals surface area contributed by atoms with Gasteiger partial charge in [0.1, 0.15) is 5.75 Å². The molecule has 0 spiro atoms. The van der Waals surface area contributed by atoms with E-state index in [2.05, 4.69) is 21.5 Å². The van der Waals surface area contributed by atoms with Gasteiger partial charge in [-0.15, -0.1) is 0 Å². The van der Waals surface area contributed by atoms with E-state index < -0.39 is 0 Å². The molecule has 0 saturated heterocycles. The third kappa shape index (κ3) is 2.74. The number of carbonyl (C=O) groups excluding carboxylic acids is 1. The predicted molar refractivity (Wildman–Crippen MR) is 110 cm³/mol. The van der Waals surface area contributed by atoms with Gasteiger partial charge in [-0.25, -0.2) is 10.2 Å². The molecule has 5 rings (SSSR count). The Balaban J connectivity index is 1.43. The van der Waals surface area contributed by atoms with Crippen LogP contribution in [0.2, 0.25) is 0 Å². The van der Waals surface area contributed by atoms with Gasteiger partial charge in [0.05, 0.1) is 18.5 Å². The molecule has 0 bridgehead atoms. The lowest BCUT2D eigenvalue weighted by atomic mass is 9.99. The number of methoxy groups -OCH3 is 1. The lowest BCUT2D eigenvalue weighted by Gasteiger charge is -2.19. The Hall–Kier alpha value is -3.54. The second kappa shape index (κ2) is 6.56. The zero-order valence-electron chi connectivity index (χ0n) is 15.5. The molecule has 2 amide bonds. The SMILES string of the molecule is COc1ccc2c(c1)N(NC(=O)N=C1C=CCc3[nH]c4ccccc4c31)CC2. The summed E-state index contributed by atoms with van der Waals surface area (Å²) in [6, 6.07) is 13.6. The number of H-pyrrole nitrogens is 1. The van der Waals surface area contributed by atoms with Gasteiger partial charge in [0.2, 0.25) is 0 Å². The minimum absolute atomic E-state index is 0.381. The summed E-state index contributed by atoms with van der Waals surface area (Å²) in [7, 11) is 1.64. The van der Waals surface area contributed by atoms with E-state index in [0.717, 1.165) is 46.4 Å². The van der Waals surface area contributed by atoms with Crippen molar-refractivity contribution in [2.24, 2.45) is 4.99 Å². The van der Waals surface area contributed by atoms with E-state index in [4.69, 9.17) is 4.74 Å². The summed E-state index contributed by atoms with van der Waals surface area (Å²) in [4.78, 5) is 20.5. The van der Waals surface area contributed by atoms with Crippen LogP contribution in [0.3, 0.4) is 0 Å². The van der Waals surface area contributed by atoms with Gasteiger partial charge in [-0.05, 0) is 30.2 Å². The van der Waals surface area contributed by atoms with E-state index in [1.165, 1.54) is 5.56 Å². The van der Waals surface area contributed by atoms with Crippen LogP contribution in [0.5, 0.6) is 5.75 Å². The first kappa shape index (κ1) is 16.6. The van der Waals surface area contributed by atoms with Crippen molar-refractivity contribution in [2.45, 2.75) is 12.8 Å². The van der Waals surface area contributed by atoms with Gasteiger partial charge in [-0.2, -0.15) is 4.99 Å². The maximum absolute atomic E-state index is 12.7. The van der Waals surface area contributed by atoms with Crippen molar-refractivity contribution in [1.82, 2.24) is 10.4 Å². The number of nitrogens with one attached hydrogen (secondary N) is 2. The number of ether oxygens (including phenoxy) is 1. The average Bonchev–Trinajstić information content (AvgIpc) is 3.29. The molecule has 1 aliphatic carbocycles. The van der Waals surface area contributed by atoms with Crippen LogP contribution in [-0.2, 0) is 12.8 Å². The molecule has 2 aromatic carbocycles. The minimum Gasteiger partial charge on any atom is -0.497 e. The normalized spacial score (nSPS) is 16.3. The van der Waals surface area contributed by atoms with Crippen molar-refractivity contribution in [3.8, 4) is 5.75 Å². The number of hydrazine groups is 1. The van der Waals surface area contributed by atoms with Crippen LogP contribution in [0.15, 0.2) is 59.6 Å². The van der Waals surface area contributed by atoms with Gasteiger partial charge in [-0.1, -0.05) is 30.3 Å². The number of hydrogen-bond donors (Lipinski definition) is 2. The van der Waals surface area contributed by atoms with Gasteiger partial charge in [0.25, 0.3) is 0 Å². The van der Waals surface area contributed by atoms with Crippen LogP contribution in [0.4, 0.5) is 10.5 Å². The molecule has 0 atom stereocenters. The number of aliphatic imine (C=N–C) groups is 1. The number of fused-ring (bicyclic) bond motifs is 4. The van der Waals surface area contributed by atoms with Gasteiger partial charge in [0.15, 0.2) is 0 Å². The molecule has 1 aliphatic heterocycles. The van der Waals surface area contributed by atoms with Gasteiger partial charge >= 0.3 is 6.03 Å². The van der Waals surface area contributed by atoms with Gasteiger partial charge in [0, 0.05) is 41.2 Å². The standard InChI is InChI=1S/C22H20N4O2/c1-28-15-10-9-14-11-12-26(20(14)13-15)25-22(27)24-19-8-4-7-18-21(19)16-5-2-3-6-17(16)23-18/h2-6,8-10,13,23H,7,11-12H2,1H3,(H,25,27). The molecule has 3 aromatic rings. The second-order valence-corrected chi connectivity index (χ2v) is 6.94. The summed E-state index contributed by atoms with van der Waals surface area (Å²) >= 11 is 0. The highest BCUT2D eigenvalue weighted by Crippen LogP contribution is 2.31. The summed E-state index contributed by atoms with van der Waals surface area (Å²) in [5.74, 6) is 0.768. The predicted octanol–water partition coefficient (Wildman–Crippen LogP) is 3.77. The highest BCUT2D eigenvalue weighted by molar-refractivity contribution is 6.20. The number of hydrogen-bond acceptors (Lipinski definition) is 3. The van der Waals surface area contributed by atoms with Crippen LogP contribution in [-0.4, -0.2) is 30.4 Å². The average molecular weight is 372 g/mol. The smallest absolute Gasteiger partial charge is 0.360 e. The number of allylic oxidation sites excluding steroid dienone is 2. The van der Waals surface area contributed by atoms with Crippen LogP contribution < -0.4 is 15.2 Å². The molecule has 0 fully saturated rings. The first-order valence-corrected chi connectivity index (χ1v) is 9.33. The van der Waals surface area contributed by atoms with E-state index >= 15 is 0 Å². The zero-order chi connectivity index (χ0) is 19.1. The number of nitrogens with zero attached hydrogens (tertiary/aromatic N) is 2. The van der Waals surface area contributed by atoms with Gasteiger partial charge < -0.3 is 9.72 Å². The third-order valence-corrected chi connectivity index (χ3v) is 5.28. The number of aromatic amines is 1. The van der Waals surface area contributed by atoms with E-state index in [1.54, 1.807) is 7.11 Å². The maximum Gasteiger partial charge on any atom is 0.360 e. The summed E-state index contributed by atoms with van der Waals surface area (Å²) in [6.45, 7) is 0.716. The minimum atomic E-state index is -0.381. The Kier molecular flexibility index (Phi) is 3.90. The van der Waals surface area contributed by atoms with Crippen molar-refractivity contribution < 1.29 is 9.53 Å². The molecular weight excluding hydrogens is 352 g/mol.